The molecule has 20 heteroatoms. The maximum Gasteiger partial charge on any atom is 0.164 e. The van der Waals surface area contributed by atoms with Gasteiger partial charge in [-0.3, -0.25) is 34.1 Å². The number of pyridine rings is 6. The van der Waals surface area contributed by atoms with Gasteiger partial charge in [-0.25, -0.2) is 9.97 Å². The lowest BCUT2D eigenvalue weighted by Crippen LogP contribution is -2.00. The number of methoxy groups -OCH3 is 1. The number of benzene rings is 1. The Labute approximate surface area is 568 Å². The first-order valence-electron chi connectivity index (χ1n) is 30.6. The molecule has 9 heterocycles. The second-order valence-corrected chi connectivity index (χ2v) is 22.4. The molecule has 488 valence electrons. The Kier molecular flexibility index (Phi) is 36.1. The quantitative estimate of drug-likeness (QED) is 0.0247. The number of rotatable bonds is 22. The zero-order valence-corrected chi connectivity index (χ0v) is 55.7. The number of nitrogens with zero attached hydrogens (tertiary/aromatic N) is 9. The zero-order valence-electron chi connectivity index (χ0n) is 53.3. The summed E-state index contributed by atoms with van der Waals surface area (Å²) in [4.78, 5) is 66.8. The second kappa shape index (κ2) is 45.3. The number of aldehydes is 4. The van der Waals surface area contributed by atoms with Crippen molar-refractivity contribution in [3.63, 3.8) is 0 Å². The van der Waals surface area contributed by atoms with Gasteiger partial charge >= 0.3 is 0 Å². The molecule has 0 unspecified atom stereocenters. The van der Waals surface area contributed by atoms with Gasteiger partial charge in [-0.05, 0) is 183 Å². The summed E-state index contributed by atoms with van der Waals surface area (Å²) in [7, 11) is 1.63. The van der Waals surface area contributed by atoms with Crippen LogP contribution >= 0.6 is 27.3 Å². The number of aromatic nitrogens is 9. The van der Waals surface area contributed by atoms with Crippen LogP contribution < -0.4 is 4.74 Å². The number of hydrogen-bond acceptors (Lipinski definition) is 18. The minimum atomic E-state index is 0.0550. The number of halogens is 1. The molecule has 10 rings (SSSR count). The Hall–Kier alpha value is -10.0. The van der Waals surface area contributed by atoms with Crippen molar-refractivity contribution >= 4 is 52.4 Å². The molecule has 3 N–H and O–H groups in total. The molecule has 0 saturated carbocycles. The molecule has 0 bridgehead atoms. The summed E-state index contributed by atoms with van der Waals surface area (Å²) in [6, 6.07) is 32.6. The van der Waals surface area contributed by atoms with Crippen LogP contribution in [0.15, 0.2) is 145 Å². The Morgan fingerprint density at radius 1 is 0.589 bits per heavy atom. The van der Waals surface area contributed by atoms with Gasteiger partial charge in [0.15, 0.2) is 18.4 Å². The van der Waals surface area contributed by atoms with Crippen LogP contribution in [0.25, 0.3) is 5.00 Å². The van der Waals surface area contributed by atoms with Gasteiger partial charge in [-0.2, -0.15) is 0 Å². The minimum Gasteiger partial charge on any atom is -0.495 e. The van der Waals surface area contributed by atoms with Crippen LogP contribution in [0.4, 0.5) is 0 Å². The average molecular weight is 1360 g/mol. The molecular weight excluding hydrogens is 1280 g/mol. The highest BCUT2D eigenvalue weighted by atomic mass is 79.9. The maximum atomic E-state index is 10.5. The van der Waals surface area contributed by atoms with Crippen LogP contribution in [-0.4, -0.2) is 112 Å². The minimum absolute atomic E-state index is 0.0550. The molecule has 0 amide bonds. The Morgan fingerprint density at radius 3 is 1.62 bits per heavy atom. The van der Waals surface area contributed by atoms with Crippen molar-refractivity contribution in [2.45, 2.75) is 110 Å². The molecule has 1 aliphatic heterocycles. The summed E-state index contributed by atoms with van der Waals surface area (Å²) in [5.74, 6) is 19.7. The van der Waals surface area contributed by atoms with Crippen LogP contribution in [-0.2, 0) is 59.6 Å². The Bertz CT molecular complexity index is 3940. The van der Waals surface area contributed by atoms with E-state index in [4.69, 9.17) is 37.6 Å². The first-order valence-corrected chi connectivity index (χ1v) is 32.3. The molecule has 18 nitrogen and oxygen atoms in total. The van der Waals surface area contributed by atoms with E-state index in [2.05, 4.69) is 120 Å². The van der Waals surface area contributed by atoms with Gasteiger partial charge in [0.25, 0.3) is 0 Å². The van der Waals surface area contributed by atoms with Crippen molar-refractivity contribution in [3.05, 3.63) is 234 Å². The molecule has 0 atom stereocenters. The molecule has 0 saturated heterocycles. The lowest BCUT2D eigenvalue weighted by Gasteiger charge is -2.06. The number of fused-ring (bicyclic) bond motifs is 3. The summed E-state index contributed by atoms with van der Waals surface area (Å²) in [6.07, 6.45) is 34.8. The largest absolute Gasteiger partial charge is 0.495 e. The van der Waals surface area contributed by atoms with Gasteiger partial charge in [-0.1, -0.05) is 59.9 Å². The predicted molar refractivity (Wildman–Crippen MR) is 371 cm³/mol. The van der Waals surface area contributed by atoms with Crippen molar-refractivity contribution in [2.75, 3.05) is 26.9 Å². The third-order valence-corrected chi connectivity index (χ3v) is 15.2. The van der Waals surface area contributed by atoms with E-state index in [1.807, 2.05) is 67.7 Å². The fourth-order valence-corrected chi connectivity index (χ4v) is 9.95. The molecule has 0 radical (unpaired) electrons. The number of terminal acetylenes is 2. The molecular formula is C75H76BrN9O9S. The number of aliphatic hydroxyl groups is 3. The van der Waals surface area contributed by atoms with Crippen molar-refractivity contribution < 1.29 is 44.0 Å². The second-order valence-electron chi connectivity index (χ2n) is 20.6. The fraction of sp³-hybridized carbons (Fsp3) is 0.280. The first kappa shape index (κ1) is 75.7. The number of carbonyl (C=O) groups is 4. The summed E-state index contributed by atoms with van der Waals surface area (Å²) < 4.78 is 13.8. The smallest absolute Gasteiger partial charge is 0.164 e. The SMILES string of the molecule is C#Cc1ccc(CCCC=O)nc1.C#Cc1ccc(CCCCO)nc1.COc1ccc(CCCCO)nc1.Cc1nnc2n1-c1sc(C#Cc3ccc(CCCC=O)nc3)c(Cc3ccccc3)c1COC2.O=Cc1ccc(Br)nc1.O=Cc1ccc(C#CCCO)nc1. The van der Waals surface area contributed by atoms with Gasteiger partial charge in [0.2, 0.25) is 0 Å². The molecule has 8 aromatic heterocycles. The number of thiophene rings is 1. The van der Waals surface area contributed by atoms with Crippen LogP contribution in [0.2, 0.25) is 0 Å². The van der Waals surface area contributed by atoms with Gasteiger partial charge in [-0.15, -0.1) is 34.4 Å². The normalized spacial score (nSPS) is 10.4. The van der Waals surface area contributed by atoms with Crippen molar-refractivity contribution in [2.24, 2.45) is 0 Å². The number of hydrogen-bond donors (Lipinski definition) is 3. The highest BCUT2D eigenvalue weighted by Crippen LogP contribution is 2.37. The molecule has 0 aliphatic carbocycles. The summed E-state index contributed by atoms with van der Waals surface area (Å²) in [5.41, 5.74) is 11.8. The van der Waals surface area contributed by atoms with Crippen LogP contribution in [0, 0.1) is 55.3 Å². The first-order chi connectivity index (χ1) is 46.5. The Morgan fingerprint density at radius 2 is 1.15 bits per heavy atom. The maximum absolute atomic E-state index is 10.5. The molecule has 0 spiro atoms. The van der Waals surface area contributed by atoms with E-state index < -0.39 is 0 Å². The third kappa shape index (κ3) is 28.4. The molecule has 95 heavy (non-hydrogen) atoms. The van der Waals surface area contributed by atoms with E-state index in [-0.39, 0.29) is 19.8 Å². The highest BCUT2D eigenvalue weighted by Gasteiger charge is 2.25. The van der Waals surface area contributed by atoms with Gasteiger partial charge in [0, 0.05) is 120 Å². The number of aliphatic hydroxyl groups excluding tert-OH is 3. The highest BCUT2D eigenvalue weighted by molar-refractivity contribution is 9.10. The summed E-state index contributed by atoms with van der Waals surface area (Å²) in [6.45, 7) is 3.50. The van der Waals surface area contributed by atoms with Gasteiger partial charge < -0.3 is 34.4 Å². The van der Waals surface area contributed by atoms with Crippen LogP contribution in [0.5, 0.6) is 5.75 Å². The number of carbonyl (C=O) groups excluding carboxylic acids is 4. The lowest BCUT2D eigenvalue weighted by molar-refractivity contribution is -0.108. The third-order valence-electron chi connectivity index (χ3n) is 13.5. The van der Waals surface area contributed by atoms with E-state index in [9.17, 15) is 19.2 Å². The molecule has 1 aliphatic rings. The molecule has 9 aromatic rings. The van der Waals surface area contributed by atoms with Crippen LogP contribution in [0.1, 0.15) is 157 Å². The number of ether oxygens (including phenoxy) is 2. The molecule has 1 aromatic carbocycles. The topological polar surface area (TPSA) is 255 Å². The lowest BCUT2D eigenvalue weighted by atomic mass is 10.0. The van der Waals surface area contributed by atoms with E-state index >= 15 is 0 Å². The number of unbranched alkanes of at least 4 members (excludes halogenated alkanes) is 4. The fourth-order valence-electron chi connectivity index (χ4n) is 8.47. The van der Waals surface area contributed by atoms with Crippen LogP contribution in [0.3, 0.4) is 0 Å². The van der Waals surface area contributed by atoms with Crippen molar-refractivity contribution in [1.82, 2.24) is 44.7 Å². The van der Waals surface area contributed by atoms with Crippen molar-refractivity contribution in [3.8, 4) is 59.1 Å². The zero-order chi connectivity index (χ0) is 68.1. The van der Waals surface area contributed by atoms with E-state index in [1.165, 1.54) is 23.5 Å². The average Bonchev–Trinajstić information content (AvgIpc) is 1.62. The standard InChI is InChI=1S/C27H24N4O2S.C11H13NO.C11H11NO.C10H15NO2.C10H9NO2.C6H4BrNO/c1-19-29-30-26-18-33-17-24-23(15-20-7-3-2-4-8-20)25(34-27(24)31(19)26)13-11-21-10-12-22(28-16-21)9-5-6-14-32;2*1-2-10-6-7-11(12-9-10)5-3-4-8-13;1-13-10-6-5-9(11-8-10)4-2-3-7-12;12-6-2-1-3-10-5-4-9(8-13)7-11-10;7-6-2-1-5(4-9)3-8-6/h2-4,7-8,10,12,14,16H,5-6,9,15,17-18H2,1H3;1,6-7,9,13H,3-5,8H2;1,6-9H,3-5H2;5-6,8,12H,2-4,7H2,1H3;4-5,7-8,12H,2,6H2;1-4H. The van der Waals surface area contributed by atoms with Crippen molar-refractivity contribution in [1.29, 1.82) is 0 Å². The summed E-state index contributed by atoms with van der Waals surface area (Å²) in [5, 5.41) is 35.3. The van der Waals surface area contributed by atoms with E-state index in [1.54, 1.807) is 61.3 Å². The van der Waals surface area contributed by atoms with E-state index in [0.717, 1.165) is 173 Å². The van der Waals surface area contributed by atoms with Gasteiger partial charge in [0.1, 0.15) is 46.1 Å². The summed E-state index contributed by atoms with van der Waals surface area (Å²) >= 11 is 4.82. The Balaban J connectivity index is 0.000000225. The van der Waals surface area contributed by atoms with E-state index in [0.29, 0.717) is 49.3 Å². The van der Waals surface area contributed by atoms with Gasteiger partial charge in [0.05, 0.1) is 31.4 Å². The molecule has 0 fully saturated rings. The predicted octanol–water partition coefficient (Wildman–Crippen LogP) is 11.2. The number of aryl methyl sites for hydroxylation is 5. The monoisotopic (exact) mass is 1360 g/mol.